The first kappa shape index (κ1) is 24.1. The lowest BCUT2D eigenvalue weighted by molar-refractivity contribution is -0.384. The number of benzene rings is 1. The number of nitro groups is 1. The number of alkyl halides is 3. The first-order chi connectivity index (χ1) is 16.1. The van der Waals surface area contributed by atoms with Gasteiger partial charge in [0.05, 0.1) is 15.5 Å². The molecule has 1 aromatic carbocycles. The molecule has 0 bridgehead atoms. The fraction of sp³-hybridized carbons (Fsp3) is 0.455. The van der Waals surface area contributed by atoms with E-state index < -0.39 is 22.4 Å². The minimum absolute atomic E-state index is 0.0466. The van der Waals surface area contributed by atoms with E-state index in [9.17, 15) is 28.1 Å². The smallest absolute Gasteiger partial charge is 0.366 e. The summed E-state index contributed by atoms with van der Waals surface area (Å²) in [4.78, 5) is 33.6. The molecule has 8 nitrogen and oxygen atoms in total. The van der Waals surface area contributed by atoms with Crippen LogP contribution in [0.5, 0.6) is 0 Å². The molecule has 0 saturated carbocycles. The van der Waals surface area contributed by atoms with Crippen molar-refractivity contribution >= 4 is 34.7 Å². The summed E-state index contributed by atoms with van der Waals surface area (Å²) in [5, 5.41) is 12.0. The van der Waals surface area contributed by atoms with Gasteiger partial charge >= 0.3 is 6.18 Å². The van der Waals surface area contributed by atoms with Crippen molar-refractivity contribution in [2.75, 3.05) is 49.1 Å². The average molecular weight is 498 g/mol. The molecule has 2 aliphatic heterocycles. The van der Waals surface area contributed by atoms with Crippen molar-refractivity contribution in [3.8, 4) is 0 Å². The normalized spacial score (nSPS) is 17.7. The van der Waals surface area contributed by atoms with Crippen molar-refractivity contribution in [2.24, 2.45) is 5.92 Å². The van der Waals surface area contributed by atoms with Gasteiger partial charge < -0.3 is 14.7 Å². The van der Waals surface area contributed by atoms with E-state index in [-0.39, 0.29) is 17.5 Å². The van der Waals surface area contributed by atoms with Crippen LogP contribution < -0.4 is 9.80 Å². The average Bonchev–Trinajstić information content (AvgIpc) is 2.83. The van der Waals surface area contributed by atoms with Crippen LogP contribution in [0.3, 0.4) is 0 Å². The molecule has 2 aromatic rings. The van der Waals surface area contributed by atoms with Crippen molar-refractivity contribution in [3.63, 3.8) is 0 Å². The van der Waals surface area contributed by atoms with E-state index in [0.717, 1.165) is 18.0 Å². The SMILES string of the molecule is O=C(C1CCN(c2ccc(C(F)(F)F)cc2[N+](=O)[O-])CC1)N1CCN(c2ccc(Cl)cn2)CC1. The Morgan fingerprint density at radius 2 is 1.71 bits per heavy atom. The van der Waals surface area contributed by atoms with Crippen LogP contribution >= 0.6 is 11.6 Å². The van der Waals surface area contributed by atoms with Crippen LogP contribution in [-0.4, -0.2) is 60.0 Å². The number of anilines is 2. The van der Waals surface area contributed by atoms with Crippen molar-refractivity contribution in [1.82, 2.24) is 9.88 Å². The number of nitro benzene ring substituents is 1. The van der Waals surface area contributed by atoms with Gasteiger partial charge in [0.25, 0.3) is 5.69 Å². The van der Waals surface area contributed by atoms with Gasteiger partial charge in [0, 0.05) is 57.4 Å². The molecule has 0 atom stereocenters. The number of nitrogens with zero attached hydrogens (tertiary/aromatic N) is 5. The zero-order valence-electron chi connectivity index (χ0n) is 18.2. The van der Waals surface area contributed by atoms with Gasteiger partial charge in [-0.1, -0.05) is 11.6 Å². The number of carbonyl (C=O) groups excluding carboxylic acids is 1. The van der Waals surface area contributed by atoms with Gasteiger partial charge in [-0.25, -0.2) is 4.98 Å². The number of hydrogen-bond acceptors (Lipinski definition) is 6. The molecule has 0 radical (unpaired) electrons. The summed E-state index contributed by atoms with van der Waals surface area (Å²) in [5.74, 6) is 0.637. The highest BCUT2D eigenvalue weighted by Crippen LogP contribution is 2.38. The molecule has 2 aliphatic rings. The van der Waals surface area contributed by atoms with Crippen LogP contribution in [0.2, 0.25) is 5.02 Å². The number of pyridine rings is 1. The van der Waals surface area contributed by atoms with Gasteiger partial charge in [0.2, 0.25) is 5.91 Å². The molecular weight excluding hydrogens is 475 g/mol. The van der Waals surface area contributed by atoms with Crippen LogP contribution in [0.15, 0.2) is 36.5 Å². The maximum absolute atomic E-state index is 13.0. The minimum Gasteiger partial charge on any atom is -0.366 e. The fourth-order valence-electron chi connectivity index (χ4n) is 4.45. The van der Waals surface area contributed by atoms with Crippen LogP contribution in [0.4, 0.5) is 30.4 Å². The third kappa shape index (κ3) is 5.19. The second kappa shape index (κ2) is 9.65. The molecule has 1 aromatic heterocycles. The Bertz CT molecular complexity index is 1050. The maximum atomic E-state index is 13.0. The fourth-order valence-corrected chi connectivity index (χ4v) is 4.56. The Morgan fingerprint density at radius 3 is 2.26 bits per heavy atom. The zero-order chi connectivity index (χ0) is 24.5. The Hall–Kier alpha value is -3.08. The highest BCUT2D eigenvalue weighted by atomic mass is 35.5. The van der Waals surface area contributed by atoms with Gasteiger partial charge in [-0.2, -0.15) is 13.2 Å². The number of carbonyl (C=O) groups is 1. The predicted octanol–water partition coefficient (Wildman–Crippen LogP) is 4.23. The molecule has 0 spiro atoms. The lowest BCUT2D eigenvalue weighted by Gasteiger charge is -2.39. The minimum atomic E-state index is -4.66. The van der Waals surface area contributed by atoms with E-state index in [0.29, 0.717) is 63.2 Å². The number of aromatic nitrogens is 1. The second-order valence-electron chi connectivity index (χ2n) is 8.37. The first-order valence-electron chi connectivity index (χ1n) is 10.9. The summed E-state index contributed by atoms with van der Waals surface area (Å²) in [7, 11) is 0. The first-order valence-corrected chi connectivity index (χ1v) is 11.3. The van der Waals surface area contributed by atoms with Gasteiger partial charge in [-0.3, -0.25) is 14.9 Å². The van der Waals surface area contributed by atoms with E-state index in [4.69, 9.17) is 11.6 Å². The molecule has 182 valence electrons. The van der Waals surface area contributed by atoms with Gasteiger partial charge in [-0.05, 0) is 37.1 Å². The molecule has 4 rings (SSSR count). The Labute approximate surface area is 199 Å². The number of hydrogen-bond donors (Lipinski definition) is 0. The molecule has 34 heavy (non-hydrogen) atoms. The summed E-state index contributed by atoms with van der Waals surface area (Å²) in [6.45, 7) is 3.14. The Balaban J connectivity index is 1.35. The summed E-state index contributed by atoms with van der Waals surface area (Å²) < 4.78 is 38.9. The van der Waals surface area contributed by atoms with Crippen LogP contribution in [0, 0.1) is 16.0 Å². The number of amides is 1. The summed E-state index contributed by atoms with van der Waals surface area (Å²) in [5.41, 5.74) is -1.49. The zero-order valence-corrected chi connectivity index (χ0v) is 18.9. The second-order valence-corrected chi connectivity index (χ2v) is 8.80. The largest absolute Gasteiger partial charge is 0.416 e. The molecule has 0 unspecified atom stereocenters. The van der Waals surface area contributed by atoms with Crippen LogP contribution in [-0.2, 0) is 11.0 Å². The van der Waals surface area contributed by atoms with Crippen molar-refractivity contribution in [3.05, 3.63) is 57.2 Å². The van der Waals surface area contributed by atoms with E-state index >= 15 is 0 Å². The number of rotatable bonds is 4. The van der Waals surface area contributed by atoms with E-state index in [2.05, 4.69) is 9.88 Å². The van der Waals surface area contributed by atoms with Crippen LogP contribution in [0.25, 0.3) is 0 Å². The standard InChI is InChI=1S/C22H23ClF3N5O3/c23-17-2-4-20(27-14-17)29-9-11-30(12-10-29)21(32)15-5-7-28(8-6-15)18-3-1-16(22(24,25)26)13-19(18)31(33)34/h1-4,13-15H,5-12H2. The highest BCUT2D eigenvalue weighted by molar-refractivity contribution is 6.30. The lowest BCUT2D eigenvalue weighted by atomic mass is 9.94. The maximum Gasteiger partial charge on any atom is 0.416 e. The molecule has 3 heterocycles. The number of piperidine rings is 1. The van der Waals surface area contributed by atoms with Gasteiger partial charge in [-0.15, -0.1) is 0 Å². The highest BCUT2D eigenvalue weighted by Gasteiger charge is 2.35. The topological polar surface area (TPSA) is 82.8 Å². The predicted molar refractivity (Wildman–Crippen MR) is 121 cm³/mol. The molecule has 2 fully saturated rings. The van der Waals surface area contributed by atoms with Crippen LogP contribution in [0.1, 0.15) is 18.4 Å². The monoisotopic (exact) mass is 497 g/mol. The quantitative estimate of drug-likeness (QED) is 0.464. The third-order valence-electron chi connectivity index (χ3n) is 6.31. The van der Waals surface area contributed by atoms with Crippen molar-refractivity contribution in [2.45, 2.75) is 19.0 Å². The van der Waals surface area contributed by atoms with Crippen molar-refractivity contribution < 1.29 is 22.9 Å². The molecule has 0 aliphatic carbocycles. The summed E-state index contributed by atoms with van der Waals surface area (Å²) in [6, 6.07) is 6.19. The van der Waals surface area contributed by atoms with Crippen molar-refractivity contribution in [1.29, 1.82) is 0 Å². The lowest BCUT2D eigenvalue weighted by Crippen LogP contribution is -2.52. The molecule has 2 saturated heterocycles. The summed E-state index contributed by atoms with van der Waals surface area (Å²) >= 11 is 5.88. The number of halogens is 4. The van der Waals surface area contributed by atoms with E-state index in [1.54, 1.807) is 17.2 Å². The summed E-state index contributed by atoms with van der Waals surface area (Å²) in [6.07, 6.45) is -2.11. The molecule has 1 amide bonds. The van der Waals surface area contributed by atoms with Gasteiger partial charge in [0.15, 0.2) is 0 Å². The Kier molecular flexibility index (Phi) is 6.83. The molecular formula is C22H23ClF3N5O3. The molecule has 0 N–H and O–H groups in total. The van der Waals surface area contributed by atoms with Gasteiger partial charge in [0.1, 0.15) is 11.5 Å². The van der Waals surface area contributed by atoms with E-state index in [1.165, 1.54) is 0 Å². The Morgan fingerprint density at radius 1 is 1.03 bits per heavy atom. The number of piperazine rings is 1. The molecule has 12 heteroatoms. The van der Waals surface area contributed by atoms with E-state index in [1.807, 2.05) is 11.0 Å². The third-order valence-corrected chi connectivity index (χ3v) is 6.54.